The molecule has 18 heavy (non-hydrogen) atoms. The predicted octanol–water partition coefficient (Wildman–Crippen LogP) is 2.05. The molecule has 0 N–H and O–H groups in total. The molecule has 0 saturated heterocycles. The predicted molar refractivity (Wildman–Crippen MR) is 74.9 cm³/mol. The Bertz CT molecular complexity index is 398. The van der Waals surface area contributed by atoms with E-state index in [9.17, 15) is 4.79 Å². The Kier molecular flexibility index (Phi) is 6.15. The van der Waals surface area contributed by atoms with E-state index in [2.05, 4.69) is 23.1 Å². The molecule has 1 aromatic heterocycles. The van der Waals surface area contributed by atoms with Crippen LogP contribution in [0, 0.1) is 0 Å². The maximum Gasteiger partial charge on any atom is 0.339 e. The van der Waals surface area contributed by atoms with Gasteiger partial charge in [-0.3, -0.25) is 9.88 Å². The van der Waals surface area contributed by atoms with Gasteiger partial charge in [0.2, 0.25) is 0 Å². The standard InChI is InChI=1S/C13H20N2O2S/c1-10(9-18-4)15(2)8-12-11(13(16)17-3)6-5-7-14-12/h5-7,10H,8-9H2,1-4H3. The number of hydrogen-bond acceptors (Lipinski definition) is 5. The summed E-state index contributed by atoms with van der Waals surface area (Å²) in [5.74, 6) is 0.723. The van der Waals surface area contributed by atoms with Crippen molar-refractivity contribution in [2.24, 2.45) is 0 Å². The van der Waals surface area contributed by atoms with Crippen molar-refractivity contribution in [3.8, 4) is 0 Å². The molecular weight excluding hydrogens is 248 g/mol. The Balaban J connectivity index is 2.80. The number of ether oxygens (including phenoxy) is 1. The van der Waals surface area contributed by atoms with Crippen LogP contribution in [-0.2, 0) is 11.3 Å². The molecule has 0 aliphatic carbocycles. The molecule has 0 radical (unpaired) electrons. The van der Waals surface area contributed by atoms with Crippen LogP contribution in [0.25, 0.3) is 0 Å². The summed E-state index contributed by atoms with van der Waals surface area (Å²) in [4.78, 5) is 18.1. The molecule has 0 bridgehead atoms. The summed E-state index contributed by atoms with van der Waals surface area (Å²) < 4.78 is 4.76. The van der Waals surface area contributed by atoms with Gasteiger partial charge in [-0.15, -0.1) is 0 Å². The minimum Gasteiger partial charge on any atom is -0.465 e. The lowest BCUT2D eigenvalue weighted by Crippen LogP contribution is -2.31. The minimum atomic E-state index is -0.330. The molecule has 1 aromatic rings. The van der Waals surface area contributed by atoms with Gasteiger partial charge >= 0.3 is 5.97 Å². The fourth-order valence-corrected chi connectivity index (χ4v) is 2.36. The smallest absolute Gasteiger partial charge is 0.339 e. The van der Waals surface area contributed by atoms with Crippen LogP contribution >= 0.6 is 11.8 Å². The zero-order valence-electron chi connectivity index (χ0n) is 11.3. The molecule has 0 aliphatic rings. The molecular formula is C13H20N2O2S. The Hall–Kier alpha value is -1.07. The highest BCUT2D eigenvalue weighted by Gasteiger charge is 2.16. The molecule has 0 amide bonds. The molecule has 0 spiro atoms. The fourth-order valence-electron chi connectivity index (χ4n) is 1.62. The first-order valence-corrected chi connectivity index (χ1v) is 7.21. The Morgan fingerprint density at radius 2 is 2.33 bits per heavy atom. The Morgan fingerprint density at radius 3 is 2.94 bits per heavy atom. The summed E-state index contributed by atoms with van der Waals surface area (Å²) in [5.41, 5.74) is 1.31. The summed E-state index contributed by atoms with van der Waals surface area (Å²) in [6.07, 6.45) is 3.79. The first-order valence-electron chi connectivity index (χ1n) is 5.81. The zero-order chi connectivity index (χ0) is 13.5. The van der Waals surface area contributed by atoms with Crippen molar-refractivity contribution in [2.45, 2.75) is 19.5 Å². The Labute approximate surface area is 113 Å². The van der Waals surface area contributed by atoms with Crippen molar-refractivity contribution in [3.05, 3.63) is 29.6 Å². The van der Waals surface area contributed by atoms with E-state index in [-0.39, 0.29) is 5.97 Å². The second-order valence-electron chi connectivity index (χ2n) is 4.21. The van der Waals surface area contributed by atoms with E-state index in [4.69, 9.17) is 4.74 Å². The SMILES string of the molecule is COC(=O)c1cccnc1CN(C)C(C)CSC. The zero-order valence-corrected chi connectivity index (χ0v) is 12.2. The number of pyridine rings is 1. The van der Waals surface area contributed by atoms with E-state index in [1.54, 1.807) is 18.3 Å². The number of aromatic nitrogens is 1. The molecule has 1 heterocycles. The molecule has 0 aromatic carbocycles. The topological polar surface area (TPSA) is 42.4 Å². The number of rotatable bonds is 6. The molecule has 100 valence electrons. The van der Waals surface area contributed by atoms with Gasteiger partial charge < -0.3 is 4.74 Å². The van der Waals surface area contributed by atoms with Crippen molar-refractivity contribution < 1.29 is 9.53 Å². The van der Waals surface area contributed by atoms with Crippen LogP contribution < -0.4 is 0 Å². The monoisotopic (exact) mass is 268 g/mol. The van der Waals surface area contributed by atoms with Crippen LogP contribution in [0.4, 0.5) is 0 Å². The van der Waals surface area contributed by atoms with Crippen molar-refractivity contribution in [1.82, 2.24) is 9.88 Å². The van der Waals surface area contributed by atoms with E-state index in [1.807, 2.05) is 18.8 Å². The van der Waals surface area contributed by atoms with Crippen LogP contribution in [0.3, 0.4) is 0 Å². The third-order valence-corrected chi connectivity index (χ3v) is 3.67. The molecule has 4 nitrogen and oxygen atoms in total. The molecule has 1 unspecified atom stereocenters. The van der Waals surface area contributed by atoms with Crippen LogP contribution in [0.1, 0.15) is 23.0 Å². The van der Waals surface area contributed by atoms with Gasteiger partial charge in [0.1, 0.15) is 0 Å². The second kappa shape index (κ2) is 7.38. The Morgan fingerprint density at radius 1 is 1.61 bits per heavy atom. The molecule has 1 atom stereocenters. The molecule has 0 saturated carbocycles. The van der Waals surface area contributed by atoms with Crippen molar-refractivity contribution in [2.75, 3.05) is 26.2 Å². The summed E-state index contributed by atoms with van der Waals surface area (Å²) in [6.45, 7) is 2.81. The van der Waals surface area contributed by atoms with Gasteiger partial charge in [0.25, 0.3) is 0 Å². The average Bonchev–Trinajstić information content (AvgIpc) is 2.38. The third kappa shape index (κ3) is 3.99. The largest absolute Gasteiger partial charge is 0.465 e. The molecule has 0 aliphatic heterocycles. The van der Waals surface area contributed by atoms with E-state index in [0.29, 0.717) is 18.2 Å². The number of carbonyl (C=O) groups excluding carboxylic acids is 1. The lowest BCUT2D eigenvalue weighted by molar-refractivity contribution is 0.0597. The quantitative estimate of drug-likeness (QED) is 0.739. The highest BCUT2D eigenvalue weighted by atomic mass is 32.2. The maximum atomic E-state index is 11.6. The first-order chi connectivity index (χ1) is 8.60. The molecule has 5 heteroatoms. The van der Waals surface area contributed by atoms with Gasteiger partial charge in [-0.25, -0.2) is 4.79 Å². The first kappa shape index (κ1) is 15.0. The lowest BCUT2D eigenvalue weighted by atomic mass is 10.1. The number of thioether (sulfide) groups is 1. The van der Waals surface area contributed by atoms with Crippen molar-refractivity contribution in [1.29, 1.82) is 0 Å². The van der Waals surface area contributed by atoms with Gasteiger partial charge in [-0.1, -0.05) is 0 Å². The van der Waals surface area contributed by atoms with Crippen molar-refractivity contribution >= 4 is 17.7 Å². The summed E-state index contributed by atoms with van der Waals surface area (Å²) in [5, 5.41) is 0. The maximum absolute atomic E-state index is 11.6. The number of methoxy groups -OCH3 is 1. The van der Waals surface area contributed by atoms with Gasteiger partial charge in [0.05, 0.1) is 18.4 Å². The number of esters is 1. The van der Waals surface area contributed by atoms with Crippen molar-refractivity contribution in [3.63, 3.8) is 0 Å². The average molecular weight is 268 g/mol. The normalized spacial score (nSPS) is 12.5. The number of nitrogens with zero attached hydrogens (tertiary/aromatic N) is 2. The number of carbonyl (C=O) groups is 1. The van der Waals surface area contributed by atoms with Crippen LogP contribution in [0.5, 0.6) is 0 Å². The van der Waals surface area contributed by atoms with Crippen LogP contribution in [-0.4, -0.2) is 48.1 Å². The second-order valence-corrected chi connectivity index (χ2v) is 5.12. The molecule has 0 fully saturated rings. The van der Waals surface area contributed by atoms with E-state index in [1.165, 1.54) is 7.11 Å². The molecule has 1 rings (SSSR count). The van der Waals surface area contributed by atoms with Gasteiger partial charge in [0, 0.05) is 24.5 Å². The fraction of sp³-hybridized carbons (Fsp3) is 0.538. The van der Waals surface area contributed by atoms with E-state index < -0.39 is 0 Å². The van der Waals surface area contributed by atoms with Gasteiger partial charge in [-0.05, 0) is 32.4 Å². The highest BCUT2D eigenvalue weighted by Crippen LogP contribution is 2.12. The summed E-state index contributed by atoms with van der Waals surface area (Å²) in [6, 6.07) is 3.94. The van der Waals surface area contributed by atoms with Crippen LogP contribution in [0.2, 0.25) is 0 Å². The lowest BCUT2D eigenvalue weighted by Gasteiger charge is -2.24. The third-order valence-electron chi connectivity index (χ3n) is 2.86. The summed E-state index contributed by atoms with van der Waals surface area (Å²) >= 11 is 1.81. The van der Waals surface area contributed by atoms with Gasteiger partial charge in [0.15, 0.2) is 0 Å². The van der Waals surface area contributed by atoms with Crippen LogP contribution in [0.15, 0.2) is 18.3 Å². The van der Waals surface area contributed by atoms with E-state index >= 15 is 0 Å². The summed E-state index contributed by atoms with van der Waals surface area (Å²) in [7, 11) is 3.43. The number of hydrogen-bond donors (Lipinski definition) is 0. The minimum absolute atomic E-state index is 0.330. The van der Waals surface area contributed by atoms with Gasteiger partial charge in [-0.2, -0.15) is 11.8 Å². The van der Waals surface area contributed by atoms with E-state index in [0.717, 1.165) is 11.4 Å². The highest BCUT2D eigenvalue weighted by molar-refractivity contribution is 7.98.